The highest BCUT2D eigenvalue weighted by molar-refractivity contribution is 7.47. The molecule has 0 aliphatic carbocycles. The average Bonchev–Trinajstić information content (AvgIpc) is 3.14. The molecule has 0 aromatic rings. The standard InChI is InChI=1S/C43H72NO8P/c1-3-5-7-9-11-13-15-17-19-20-22-24-26-28-30-32-34-36-43(46)52-41(40-51-53(47,48)50-38-37-44)39-49-42(45)35-33-31-29-27-25-23-21-18-16-14-12-10-8-6-4-2/h6,8,11-14,17-19,21-22,24,28,30,41H,3-5,7,9-10,15-16,20,23,25-27,29,31-40,44H2,1-2H3,(H,47,48)/b8-6-,13-11-,14-12-,19-17-,21-18-,24-22-,30-28-/t41-/m1/s1. The summed E-state index contributed by atoms with van der Waals surface area (Å²) in [6.45, 7) is 3.48. The maximum absolute atomic E-state index is 12.5. The van der Waals surface area contributed by atoms with E-state index in [0.717, 1.165) is 70.6 Å². The van der Waals surface area contributed by atoms with Crippen molar-refractivity contribution >= 4 is 19.8 Å². The lowest BCUT2D eigenvalue weighted by Crippen LogP contribution is -2.29. The van der Waals surface area contributed by atoms with Gasteiger partial charge in [-0.25, -0.2) is 4.57 Å². The second-order valence-corrected chi connectivity index (χ2v) is 14.2. The maximum Gasteiger partial charge on any atom is 0.472 e. The van der Waals surface area contributed by atoms with Crippen molar-refractivity contribution in [2.24, 2.45) is 5.73 Å². The summed E-state index contributed by atoms with van der Waals surface area (Å²) in [5.74, 6) is -0.924. The van der Waals surface area contributed by atoms with Crippen LogP contribution < -0.4 is 5.73 Å². The van der Waals surface area contributed by atoms with Crippen LogP contribution in [-0.2, 0) is 32.7 Å². The van der Waals surface area contributed by atoms with E-state index < -0.39 is 32.5 Å². The van der Waals surface area contributed by atoms with Crippen LogP contribution in [-0.4, -0.2) is 49.3 Å². The zero-order valence-corrected chi connectivity index (χ0v) is 33.9. The third-order valence-electron chi connectivity index (χ3n) is 7.77. The Balaban J connectivity index is 4.35. The first-order chi connectivity index (χ1) is 25.8. The fourth-order valence-corrected chi connectivity index (χ4v) is 5.58. The Bertz CT molecular complexity index is 1140. The molecule has 9 nitrogen and oxygen atoms in total. The third-order valence-corrected chi connectivity index (χ3v) is 8.75. The fourth-order valence-electron chi connectivity index (χ4n) is 4.82. The van der Waals surface area contributed by atoms with Crippen molar-refractivity contribution in [3.63, 3.8) is 0 Å². The first-order valence-electron chi connectivity index (χ1n) is 20.1. The zero-order valence-electron chi connectivity index (χ0n) is 33.0. The summed E-state index contributed by atoms with van der Waals surface area (Å²) in [6, 6.07) is 0. The van der Waals surface area contributed by atoms with E-state index in [2.05, 4.69) is 92.8 Å². The second kappa shape index (κ2) is 38.9. The van der Waals surface area contributed by atoms with Crippen LogP contribution in [0.25, 0.3) is 0 Å². The number of allylic oxidation sites excluding steroid dienone is 14. The van der Waals surface area contributed by atoms with Gasteiger partial charge in [-0.05, 0) is 83.5 Å². The molecule has 0 amide bonds. The summed E-state index contributed by atoms with van der Waals surface area (Å²) < 4.78 is 32.6. The van der Waals surface area contributed by atoms with Crippen LogP contribution in [0.5, 0.6) is 0 Å². The van der Waals surface area contributed by atoms with E-state index in [9.17, 15) is 19.0 Å². The Morgan fingerprint density at radius 3 is 1.60 bits per heavy atom. The van der Waals surface area contributed by atoms with Crippen LogP contribution >= 0.6 is 7.82 Å². The van der Waals surface area contributed by atoms with Gasteiger partial charge in [0.1, 0.15) is 6.61 Å². The van der Waals surface area contributed by atoms with E-state index in [1.54, 1.807) is 0 Å². The number of carbonyl (C=O) groups excluding carboxylic acids is 2. The van der Waals surface area contributed by atoms with E-state index in [1.807, 2.05) is 6.08 Å². The van der Waals surface area contributed by atoms with E-state index in [0.29, 0.717) is 19.3 Å². The summed E-state index contributed by atoms with van der Waals surface area (Å²) in [6.07, 6.45) is 47.6. The van der Waals surface area contributed by atoms with Crippen molar-refractivity contribution in [3.8, 4) is 0 Å². The quantitative estimate of drug-likeness (QED) is 0.0277. The van der Waals surface area contributed by atoms with Gasteiger partial charge in [0.05, 0.1) is 13.2 Å². The molecular formula is C43H72NO8P. The molecule has 0 saturated heterocycles. The molecule has 0 radical (unpaired) electrons. The monoisotopic (exact) mass is 761 g/mol. The Labute approximate surface area is 322 Å². The molecule has 0 heterocycles. The summed E-state index contributed by atoms with van der Waals surface area (Å²) >= 11 is 0. The van der Waals surface area contributed by atoms with Crippen molar-refractivity contribution < 1.29 is 37.6 Å². The van der Waals surface area contributed by atoms with E-state index in [4.69, 9.17) is 24.3 Å². The summed E-state index contributed by atoms with van der Waals surface area (Å²) in [5.41, 5.74) is 5.33. The lowest BCUT2D eigenvalue weighted by atomic mass is 10.1. The molecule has 10 heteroatoms. The van der Waals surface area contributed by atoms with Gasteiger partial charge in [0.15, 0.2) is 6.10 Å². The van der Waals surface area contributed by atoms with E-state index >= 15 is 0 Å². The Morgan fingerprint density at radius 1 is 0.585 bits per heavy atom. The Hall–Kier alpha value is -2.81. The number of rotatable bonds is 36. The predicted molar refractivity (Wildman–Crippen MR) is 219 cm³/mol. The molecule has 2 atom stereocenters. The van der Waals surface area contributed by atoms with Crippen molar-refractivity contribution in [3.05, 3.63) is 85.1 Å². The van der Waals surface area contributed by atoms with Gasteiger partial charge in [-0.1, -0.05) is 131 Å². The van der Waals surface area contributed by atoms with Crippen LogP contribution in [0.1, 0.15) is 142 Å². The number of phosphoric ester groups is 1. The van der Waals surface area contributed by atoms with E-state index in [1.165, 1.54) is 25.7 Å². The molecule has 3 N–H and O–H groups in total. The molecular weight excluding hydrogens is 689 g/mol. The van der Waals surface area contributed by atoms with Crippen LogP contribution in [0.3, 0.4) is 0 Å². The van der Waals surface area contributed by atoms with Crippen molar-refractivity contribution in [2.75, 3.05) is 26.4 Å². The maximum atomic E-state index is 12.5. The van der Waals surface area contributed by atoms with Gasteiger partial charge in [0.2, 0.25) is 0 Å². The third kappa shape index (κ3) is 38.7. The van der Waals surface area contributed by atoms with Gasteiger partial charge < -0.3 is 20.1 Å². The molecule has 0 aromatic carbocycles. The lowest BCUT2D eigenvalue weighted by molar-refractivity contribution is -0.161. The van der Waals surface area contributed by atoms with Crippen LogP contribution in [0.2, 0.25) is 0 Å². The smallest absolute Gasteiger partial charge is 0.462 e. The number of esters is 2. The van der Waals surface area contributed by atoms with Gasteiger partial charge in [0.25, 0.3) is 0 Å². The number of ether oxygens (including phenoxy) is 2. The van der Waals surface area contributed by atoms with Crippen molar-refractivity contribution in [2.45, 2.75) is 148 Å². The minimum Gasteiger partial charge on any atom is -0.462 e. The molecule has 0 bridgehead atoms. The molecule has 53 heavy (non-hydrogen) atoms. The molecule has 302 valence electrons. The zero-order chi connectivity index (χ0) is 38.9. The minimum atomic E-state index is -4.40. The normalized spacial score (nSPS) is 14.3. The lowest BCUT2D eigenvalue weighted by Gasteiger charge is -2.19. The summed E-state index contributed by atoms with van der Waals surface area (Å²) in [7, 11) is -4.40. The molecule has 1 unspecified atom stereocenters. The molecule has 0 fully saturated rings. The first-order valence-corrected chi connectivity index (χ1v) is 21.6. The molecule has 0 aliphatic rings. The summed E-state index contributed by atoms with van der Waals surface area (Å²) in [4.78, 5) is 34.8. The predicted octanol–water partition coefficient (Wildman–Crippen LogP) is 11.3. The van der Waals surface area contributed by atoms with Crippen LogP contribution in [0.15, 0.2) is 85.1 Å². The Morgan fingerprint density at radius 2 is 1.06 bits per heavy atom. The number of hydrogen-bond acceptors (Lipinski definition) is 8. The fraction of sp³-hybridized carbons (Fsp3) is 0.628. The number of hydrogen-bond donors (Lipinski definition) is 2. The second-order valence-electron chi connectivity index (χ2n) is 12.8. The number of unbranched alkanes of at least 4 members (excludes halogenated alkanes) is 9. The molecule has 0 rings (SSSR count). The van der Waals surface area contributed by atoms with Gasteiger partial charge in [0, 0.05) is 19.4 Å². The highest BCUT2D eigenvalue weighted by Crippen LogP contribution is 2.43. The van der Waals surface area contributed by atoms with Crippen LogP contribution in [0, 0.1) is 0 Å². The molecule has 0 saturated carbocycles. The van der Waals surface area contributed by atoms with Gasteiger partial charge >= 0.3 is 19.8 Å². The first kappa shape index (κ1) is 50.2. The van der Waals surface area contributed by atoms with E-state index in [-0.39, 0.29) is 32.6 Å². The highest BCUT2D eigenvalue weighted by atomic mass is 31.2. The number of carbonyl (C=O) groups is 2. The summed E-state index contributed by atoms with van der Waals surface area (Å²) in [5, 5.41) is 0. The molecule has 0 aliphatic heterocycles. The van der Waals surface area contributed by atoms with Crippen molar-refractivity contribution in [1.82, 2.24) is 0 Å². The largest absolute Gasteiger partial charge is 0.472 e. The van der Waals surface area contributed by atoms with Crippen LogP contribution in [0.4, 0.5) is 0 Å². The van der Waals surface area contributed by atoms with Crippen molar-refractivity contribution in [1.29, 1.82) is 0 Å². The Kier molecular flexibility index (Phi) is 36.8. The number of nitrogens with two attached hydrogens (primary N) is 1. The topological polar surface area (TPSA) is 134 Å². The minimum absolute atomic E-state index is 0.0376. The van der Waals surface area contributed by atoms with Gasteiger partial charge in [-0.15, -0.1) is 0 Å². The van der Waals surface area contributed by atoms with Gasteiger partial charge in [-0.3, -0.25) is 18.6 Å². The molecule has 0 aromatic heterocycles. The highest BCUT2D eigenvalue weighted by Gasteiger charge is 2.25. The number of phosphoric acid groups is 1. The molecule has 0 spiro atoms. The van der Waals surface area contributed by atoms with Gasteiger partial charge in [-0.2, -0.15) is 0 Å². The SMILES string of the molecule is CC/C=C\C/C=C\C/C=C\CCCCCCCC(=O)OC[C@H](COP(=O)(O)OCCN)OC(=O)CCC/C=C\C/C=C\C/C=C\C/C=C\CCCCC. The average molecular weight is 762 g/mol.